The average Bonchev–Trinajstić information content (AvgIpc) is 2.37. The van der Waals surface area contributed by atoms with Gasteiger partial charge in [-0.25, -0.2) is 4.79 Å². The fraction of sp³-hybridized carbons (Fsp3) is 0.867. The minimum Gasteiger partial charge on any atom is -0.466 e. The normalized spacial score (nSPS) is 18.2. The van der Waals surface area contributed by atoms with Gasteiger partial charge in [-0.3, -0.25) is 4.79 Å². The molecule has 6 nitrogen and oxygen atoms in total. The average molecular weight is 301 g/mol. The number of carbonyl (C=O) groups is 2. The fourth-order valence-corrected chi connectivity index (χ4v) is 2.35. The molecular formula is C15H27NO5. The van der Waals surface area contributed by atoms with E-state index >= 15 is 0 Å². The molecule has 6 heteroatoms. The highest BCUT2D eigenvalue weighted by Gasteiger charge is 2.39. The molecule has 0 aromatic carbocycles. The molecule has 0 spiro atoms. The molecule has 21 heavy (non-hydrogen) atoms. The third-order valence-electron chi connectivity index (χ3n) is 3.53. The zero-order chi connectivity index (χ0) is 16.1. The van der Waals surface area contributed by atoms with Gasteiger partial charge >= 0.3 is 12.1 Å². The molecule has 0 unspecified atom stereocenters. The van der Waals surface area contributed by atoms with Gasteiger partial charge in [0.1, 0.15) is 5.60 Å². The lowest BCUT2D eigenvalue weighted by Gasteiger charge is -2.40. The van der Waals surface area contributed by atoms with E-state index in [1.807, 2.05) is 20.8 Å². The van der Waals surface area contributed by atoms with Crippen LogP contribution in [0.1, 0.15) is 47.0 Å². The molecule has 1 rings (SSSR count). The summed E-state index contributed by atoms with van der Waals surface area (Å²) in [6.45, 7) is 8.70. The first kappa shape index (κ1) is 17.8. The summed E-state index contributed by atoms with van der Waals surface area (Å²) in [5.74, 6) is -0.259. The summed E-state index contributed by atoms with van der Waals surface area (Å²) in [6, 6.07) is 0. The molecule has 0 aliphatic carbocycles. The lowest BCUT2D eigenvalue weighted by atomic mass is 9.88. The van der Waals surface area contributed by atoms with Crippen molar-refractivity contribution in [2.75, 3.05) is 26.8 Å². The van der Waals surface area contributed by atoms with Crippen LogP contribution in [0.4, 0.5) is 4.79 Å². The van der Waals surface area contributed by atoms with Crippen LogP contribution in [0.2, 0.25) is 0 Å². The summed E-state index contributed by atoms with van der Waals surface area (Å²) in [5, 5.41) is 0. The van der Waals surface area contributed by atoms with Crippen LogP contribution >= 0.6 is 0 Å². The molecule has 1 saturated heterocycles. The maximum atomic E-state index is 12.0. The number of likely N-dealkylation sites (tertiary alicyclic amines) is 1. The van der Waals surface area contributed by atoms with Crippen molar-refractivity contribution in [3.63, 3.8) is 0 Å². The number of ether oxygens (including phenoxy) is 3. The van der Waals surface area contributed by atoms with E-state index in [0.29, 0.717) is 32.5 Å². The molecule has 0 bridgehead atoms. The molecule has 0 aromatic heterocycles. The van der Waals surface area contributed by atoms with E-state index in [0.717, 1.165) is 0 Å². The van der Waals surface area contributed by atoms with Gasteiger partial charge in [0.15, 0.2) is 0 Å². The molecule has 1 amide bonds. The second kappa shape index (κ2) is 7.11. The molecule has 0 saturated carbocycles. The minimum atomic E-state index is -0.537. The van der Waals surface area contributed by atoms with Gasteiger partial charge in [-0.2, -0.15) is 0 Å². The van der Waals surface area contributed by atoms with Crippen molar-refractivity contribution in [1.82, 2.24) is 4.90 Å². The zero-order valence-corrected chi connectivity index (χ0v) is 13.7. The third-order valence-corrected chi connectivity index (χ3v) is 3.53. The number of hydrogen-bond acceptors (Lipinski definition) is 5. The van der Waals surface area contributed by atoms with E-state index in [9.17, 15) is 9.59 Å². The summed E-state index contributed by atoms with van der Waals surface area (Å²) >= 11 is 0. The predicted molar refractivity (Wildman–Crippen MR) is 78.0 cm³/mol. The Labute approximate surface area is 126 Å². The molecule has 0 radical (unpaired) electrons. The van der Waals surface area contributed by atoms with Crippen LogP contribution < -0.4 is 0 Å². The third kappa shape index (κ3) is 5.53. The fourth-order valence-electron chi connectivity index (χ4n) is 2.35. The molecule has 1 aliphatic heterocycles. The lowest BCUT2D eigenvalue weighted by Crippen LogP contribution is -2.49. The van der Waals surface area contributed by atoms with E-state index in [4.69, 9.17) is 14.2 Å². The molecule has 0 aromatic rings. The Morgan fingerprint density at radius 1 is 1.19 bits per heavy atom. The van der Waals surface area contributed by atoms with Crippen LogP contribution in [0.25, 0.3) is 0 Å². The van der Waals surface area contributed by atoms with Crippen LogP contribution in [0.5, 0.6) is 0 Å². The largest absolute Gasteiger partial charge is 0.466 e. The molecule has 0 N–H and O–H groups in total. The molecule has 1 heterocycles. The van der Waals surface area contributed by atoms with Crippen LogP contribution in [-0.4, -0.2) is 55.0 Å². The monoisotopic (exact) mass is 301 g/mol. The van der Waals surface area contributed by atoms with Crippen LogP contribution in [0.3, 0.4) is 0 Å². The van der Waals surface area contributed by atoms with Gasteiger partial charge in [-0.15, -0.1) is 0 Å². The van der Waals surface area contributed by atoms with Crippen molar-refractivity contribution in [3.8, 4) is 0 Å². The molecule has 1 fully saturated rings. The van der Waals surface area contributed by atoms with Gasteiger partial charge < -0.3 is 19.1 Å². The number of piperidine rings is 1. The van der Waals surface area contributed by atoms with Crippen LogP contribution in [0.15, 0.2) is 0 Å². The number of amides is 1. The summed E-state index contributed by atoms with van der Waals surface area (Å²) in [5.41, 5.74) is -1.04. The topological polar surface area (TPSA) is 65.1 Å². The van der Waals surface area contributed by atoms with E-state index in [-0.39, 0.29) is 18.5 Å². The van der Waals surface area contributed by atoms with Crippen LogP contribution in [0, 0.1) is 0 Å². The number of rotatable bonds is 4. The summed E-state index contributed by atoms with van der Waals surface area (Å²) in [6.07, 6.45) is 1.10. The van der Waals surface area contributed by atoms with Crippen LogP contribution in [-0.2, 0) is 19.0 Å². The first-order valence-electron chi connectivity index (χ1n) is 7.40. The van der Waals surface area contributed by atoms with Gasteiger partial charge in [-0.1, -0.05) is 0 Å². The highest BCUT2D eigenvalue weighted by molar-refractivity contribution is 5.71. The van der Waals surface area contributed by atoms with Crippen molar-refractivity contribution in [2.45, 2.75) is 58.2 Å². The number of methoxy groups -OCH3 is 1. The van der Waals surface area contributed by atoms with E-state index < -0.39 is 11.2 Å². The Bertz CT molecular complexity index is 367. The van der Waals surface area contributed by atoms with E-state index in [1.54, 1.807) is 18.9 Å². The quantitative estimate of drug-likeness (QED) is 0.746. The first-order chi connectivity index (χ1) is 9.71. The van der Waals surface area contributed by atoms with Gasteiger partial charge in [-0.05, 0) is 40.5 Å². The second-order valence-electron chi connectivity index (χ2n) is 6.34. The van der Waals surface area contributed by atoms with E-state index in [2.05, 4.69) is 0 Å². The highest BCUT2D eigenvalue weighted by atomic mass is 16.6. The Kier molecular flexibility index (Phi) is 6.01. The lowest BCUT2D eigenvalue weighted by molar-refractivity contribution is -0.152. The Hall–Kier alpha value is -1.30. The summed E-state index contributed by atoms with van der Waals surface area (Å²) in [4.78, 5) is 25.3. The van der Waals surface area contributed by atoms with Gasteiger partial charge in [0.2, 0.25) is 0 Å². The van der Waals surface area contributed by atoms with E-state index in [1.165, 1.54) is 0 Å². The minimum absolute atomic E-state index is 0.222. The maximum absolute atomic E-state index is 12.0. The van der Waals surface area contributed by atoms with Crippen molar-refractivity contribution in [1.29, 1.82) is 0 Å². The second-order valence-corrected chi connectivity index (χ2v) is 6.34. The summed E-state index contributed by atoms with van der Waals surface area (Å²) in [7, 11) is 1.60. The van der Waals surface area contributed by atoms with Crippen molar-refractivity contribution in [2.24, 2.45) is 0 Å². The Morgan fingerprint density at radius 3 is 2.19 bits per heavy atom. The smallest absolute Gasteiger partial charge is 0.410 e. The van der Waals surface area contributed by atoms with Crippen molar-refractivity contribution >= 4 is 12.1 Å². The Balaban J connectivity index is 2.55. The molecular weight excluding hydrogens is 274 g/mol. The molecule has 122 valence electrons. The summed E-state index contributed by atoms with van der Waals surface area (Å²) < 4.78 is 15.9. The zero-order valence-electron chi connectivity index (χ0n) is 13.7. The van der Waals surface area contributed by atoms with Gasteiger partial charge in [0, 0.05) is 20.2 Å². The maximum Gasteiger partial charge on any atom is 0.410 e. The number of hydrogen-bond donors (Lipinski definition) is 0. The number of nitrogens with zero attached hydrogens (tertiary/aromatic N) is 1. The van der Waals surface area contributed by atoms with Gasteiger partial charge in [0.25, 0.3) is 0 Å². The van der Waals surface area contributed by atoms with Gasteiger partial charge in [0.05, 0.1) is 18.6 Å². The SMILES string of the molecule is CCOC(=O)CC1(OC)CCN(C(=O)OC(C)(C)C)CC1. The molecule has 1 aliphatic rings. The van der Waals surface area contributed by atoms with Crippen molar-refractivity contribution < 1.29 is 23.8 Å². The number of carbonyl (C=O) groups excluding carboxylic acids is 2. The predicted octanol–water partition coefficient (Wildman–Crippen LogP) is 2.36. The highest BCUT2D eigenvalue weighted by Crippen LogP contribution is 2.30. The Morgan fingerprint density at radius 2 is 1.76 bits per heavy atom. The number of esters is 1. The van der Waals surface area contributed by atoms with Crippen molar-refractivity contribution in [3.05, 3.63) is 0 Å². The standard InChI is InChI=1S/C15H27NO5/c1-6-20-12(17)11-15(19-5)7-9-16(10-8-15)13(18)21-14(2,3)4/h6-11H2,1-5H3. The molecule has 0 atom stereocenters. The first-order valence-corrected chi connectivity index (χ1v) is 7.40.